The third-order valence-corrected chi connectivity index (χ3v) is 3.53. The molecule has 2 amide bonds. The second-order valence-corrected chi connectivity index (χ2v) is 5.26. The fourth-order valence-corrected chi connectivity index (χ4v) is 2.21. The quantitative estimate of drug-likeness (QED) is 0.497. The summed E-state index contributed by atoms with van der Waals surface area (Å²) < 4.78 is 23.9. The number of ether oxygens (including phenoxy) is 2. The van der Waals surface area contributed by atoms with Crippen LogP contribution in [0.25, 0.3) is 0 Å². The normalized spacial score (nSPS) is 12.2. The first-order valence-electron chi connectivity index (χ1n) is 7.02. The number of halogens is 2. The van der Waals surface area contributed by atoms with Crippen molar-refractivity contribution in [2.24, 2.45) is 5.10 Å². The van der Waals surface area contributed by atoms with Crippen LogP contribution in [0.1, 0.15) is 5.56 Å². The smallest absolute Gasteiger partial charge is 0.329 e. The van der Waals surface area contributed by atoms with Crippen molar-refractivity contribution in [3.8, 4) is 11.5 Å². The molecule has 2 N–H and O–H groups in total. The number of hydrogen-bond donors (Lipinski definition) is 2. The van der Waals surface area contributed by atoms with Crippen molar-refractivity contribution in [1.29, 1.82) is 0 Å². The second-order valence-electron chi connectivity index (χ2n) is 4.86. The minimum Gasteiger partial charge on any atom is -0.454 e. The van der Waals surface area contributed by atoms with Gasteiger partial charge in [0, 0.05) is 17.3 Å². The number of anilines is 1. The van der Waals surface area contributed by atoms with E-state index < -0.39 is 17.6 Å². The summed E-state index contributed by atoms with van der Waals surface area (Å²) in [5.41, 5.74) is 2.35. The van der Waals surface area contributed by atoms with Gasteiger partial charge in [-0.2, -0.15) is 5.10 Å². The summed E-state index contributed by atoms with van der Waals surface area (Å²) in [6.07, 6.45) is 1.02. The van der Waals surface area contributed by atoms with Gasteiger partial charge in [-0.25, -0.2) is 9.82 Å². The van der Waals surface area contributed by atoms with Gasteiger partial charge in [0.15, 0.2) is 11.5 Å². The molecule has 0 atom stereocenters. The maximum Gasteiger partial charge on any atom is 0.329 e. The number of rotatable bonds is 3. The Hall–Kier alpha value is -3.13. The van der Waals surface area contributed by atoms with E-state index in [0.29, 0.717) is 17.2 Å². The Bertz CT molecular complexity index is 852. The van der Waals surface area contributed by atoms with E-state index in [0.717, 1.165) is 6.21 Å². The first kappa shape index (κ1) is 16.7. The van der Waals surface area contributed by atoms with Gasteiger partial charge in [-0.1, -0.05) is 17.7 Å². The molecule has 2 aromatic carbocycles. The first-order valence-corrected chi connectivity index (χ1v) is 7.40. The molecule has 0 unspecified atom stereocenters. The summed E-state index contributed by atoms with van der Waals surface area (Å²) in [6.45, 7) is 0.0978. The van der Waals surface area contributed by atoms with E-state index in [4.69, 9.17) is 21.1 Å². The van der Waals surface area contributed by atoms with Crippen molar-refractivity contribution in [2.75, 3.05) is 12.1 Å². The molecule has 9 heteroatoms. The van der Waals surface area contributed by atoms with Gasteiger partial charge in [-0.15, -0.1) is 0 Å². The molecule has 0 saturated carbocycles. The Morgan fingerprint density at radius 3 is 2.76 bits per heavy atom. The molecule has 0 aliphatic carbocycles. The molecule has 0 radical (unpaired) electrons. The van der Waals surface area contributed by atoms with E-state index in [-0.39, 0.29) is 17.4 Å². The molecule has 0 spiro atoms. The molecule has 3 rings (SSSR count). The summed E-state index contributed by atoms with van der Waals surface area (Å²) in [6, 6.07) is 8.79. The van der Waals surface area contributed by atoms with Crippen LogP contribution in [0.15, 0.2) is 41.5 Å². The number of hydrazone groups is 1. The molecule has 128 valence electrons. The van der Waals surface area contributed by atoms with Gasteiger partial charge in [-0.05, 0) is 24.3 Å². The molecule has 0 fully saturated rings. The monoisotopic (exact) mass is 363 g/mol. The summed E-state index contributed by atoms with van der Waals surface area (Å²) in [7, 11) is 0. The Morgan fingerprint density at radius 1 is 1.16 bits per heavy atom. The zero-order valence-corrected chi connectivity index (χ0v) is 13.3. The average molecular weight is 364 g/mol. The Balaban J connectivity index is 1.59. The molecular weight excluding hydrogens is 353 g/mol. The van der Waals surface area contributed by atoms with Gasteiger partial charge in [0.1, 0.15) is 5.82 Å². The fourth-order valence-electron chi connectivity index (χ4n) is 2.00. The highest BCUT2D eigenvalue weighted by molar-refractivity contribution is 6.39. The molecule has 2 aromatic rings. The highest BCUT2D eigenvalue weighted by Gasteiger charge is 2.17. The van der Waals surface area contributed by atoms with E-state index >= 15 is 0 Å². The molecule has 1 aliphatic rings. The van der Waals surface area contributed by atoms with Gasteiger partial charge in [0.05, 0.1) is 11.2 Å². The molecule has 0 aromatic heterocycles. The number of carbonyl (C=O) groups excluding carboxylic acids is 2. The SMILES string of the molecule is O=C(N/N=C\c1c(F)cccc1Cl)C(=O)Nc1ccc2c(c1)OCO2. The molecule has 1 heterocycles. The van der Waals surface area contributed by atoms with Crippen molar-refractivity contribution in [3.05, 3.63) is 52.8 Å². The number of hydrogen-bond acceptors (Lipinski definition) is 5. The number of benzene rings is 2. The van der Waals surface area contributed by atoms with Crippen LogP contribution in [0.5, 0.6) is 11.5 Å². The molecule has 0 bridgehead atoms. The Labute approximate surface area is 146 Å². The minimum atomic E-state index is -1.03. The topological polar surface area (TPSA) is 89.0 Å². The van der Waals surface area contributed by atoms with E-state index in [1.165, 1.54) is 24.3 Å². The van der Waals surface area contributed by atoms with Gasteiger partial charge in [-0.3, -0.25) is 9.59 Å². The van der Waals surface area contributed by atoms with Crippen LogP contribution in [-0.4, -0.2) is 24.8 Å². The van der Waals surface area contributed by atoms with Gasteiger partial charge in [0.2, 0.25) is 6.79 Å². The van der Waals surface area contributed by atoms with Crippen molar-refractivity contribution in [3.63, 3.8) is 0 Å². The molecule has 1 aliphatic heterocycles. The number of nitrogens with one attached hydrogen (secondary N) is 2. The Morgan fingerprint density at radius 2 is 1.96 bits per heavy atom. The van der Waals surface area contributed by atoms with Crippen LogP contribution in [0, 0.1) is 5.82 Å². The third-order valence-electron chi connectivity index (χ3n) is 3.20. The fraction of sp³-hybridized carbons (Fsp3) is 0.0625. The predicted molar refractivity (Wildman–Crippen MR) is 88.3 cm³/mol. The Kier molecular flexibility index (Phi) is 4.80. The van der Waals surface area contributed by atoms with Crippen LogP contribution < -0.4 is 20.2 Å². The van der Waals surface area contributed by atoms with Gasteiger partial charge >= 0.3 is 11.8 Å². The third kappa shape index (κ3) is 3.86. The van der Waals surface area contributed by atoms with E-state index in [2.05, 4.69) is 10.4 Å². The van der Waals surface area contributed by atoms with Crippen LogP contribution >= 0.6 is 11.6 Å². The van der Waals surface area contributed by atoms with Crippen molar-refractivity contribution in [1.82, 2.24) is 5.43 Å². The summed E-state index contributed by atoms with van der Waals surface area (Å²) >= 11 is 5.82. The number of fused-ring (bicyclic) bond motifs is 1. The maximum absolute atomic E-state index is 13.5. The lowest BCUT2D eigenvalue weighted by Crippen LogP contribution is -2.32. The lowest BCUT2D eigenvalue weighted by atomic mass is 10.2. The zero-order valence-electron chi connectivity index (χ0n) is 12.6. The summed E-state index contributed by atoms with van der Waals surface area (Å²) in [5, 5.41) is 6.04. The lowest BCUT2D eigenvalue weighted by Gasteiger charge is -2.05. The zero-order chi connectivity index (χ0) is 17.8. The van der Waals surface area contributed by atoms with Crippen molar-refractivity contribution < 1.29 is 23.5 Å². The largest absolute Gasteiger partial charge is 0.454 e. The highest BCUT2D eigenvalue weighted by atomic mass is 35.5. The number of amides is 2. The maximum atomic E-state index is 13.5. The predicted octanol–water partition coefficient (Wildman–Crippen LogP) is 2.30. The molecule has 7 nitrogen and oxygen atoms in total. The van der Waals surface area contributed by atoms with Crippen LogP contribution in [0.3, 0.4) is 0 Å². The molecular formula is C16H11ClFN3O4. The van der Waals surface area contributed by atoms with E-state index in [1.807, 2.05) is 5.43 Å². The lowest BCUT2D eigenvalue weighted by molar-refractivity contribution is -0.136. The van der Waals surface area contributed by atoms with Crippen LogP contribution in [0.2, 0.25) is 5.02 Å². The van der Waals surface area contributed by atoms with E-state index in [1.54, 1.807) is 12.1 Å². The van der Waals surface area contributed by atoms with Crippen LogP contribution in [0.4, 0.5) is 10.1 Å². The summed E-state index contributed by atoms with van der Waals surface area (Å²) in [5.74, 6) is -1.56. The van der Waals surface area contributed by atoms with E-state index in [9.17, 15) is 14.0 Å². The number of carbonyl (C=O) groups is 2. The standard InChI is InChI=1S/C16H11ClFN3O4/c17-11-2-1-3-12(18)10(11)7-19-21-16(23)15(22)20-9-4-5-13-14(6-9)25-8-24-13/h1-7H,8H2,(H,20,22)(H,21,23)/b19-7-. The minimum absolute atomic E-state index is 0.000598. The number of nitrogens with zero attached hydrogens (tertiary/aromatic N) is 1. The highest BCUT2D eigenvalue weighted by Crippen LogP contribution is 2.34. The molecule has 0 saturated heterocycles. The first-order chi connectivity index (χ1) is 12.0. The van der Waals surface area contributed by atoms with Crippen LogP contribution in [-0.2, 0) is 9.59 Å². The summed E-state index contributed by atoms with van der Waals surface area (Å²) in [4.78, 5) is 23.5. The second kappa shape index (κ2) is 7.18. The average Bonchev–Trinajstić information content (AvgIpc) is 3.05. The van der Waals surface area contributed by atoms with Gasteiger partial charge in [0.25, 0.3) is 0 Å². The molecule has 25 heavy (non-hydrogen) atoms. The van der Waals surface area contributed by atoms with Crippen molar-refractivity contribution in [2.45, 2.75) is 0 Å². The van der Waals surface area contributed by atoms with Crippen molar-refractivity contribution >= 4 is 35.3 Å². The van der Waals surface area contributed by atoms with Gasteiger partial charge < -0.3 is 14.8 Å².